The smallest absolute Gasteiger partial charge is 0.406 e. The number of benzene rings is 2. The van der Waals surface area contributed by atoms with Crippen LogP contribution in [0.2, 0.25) is 0 Å². The fraction of sp³-hybridized carbons (Fsp3) is 0.318. The summed E-state index contributed by atoms with van der Waals surface area (Å²) in [6.07, 6.45) is 2.88. The number of hydrogen-bond donors (Lipinski definition) is 0. The van der Waals surface area contributed by atoms with Crippen LogP contribution in [-0.4, -0.2) is 47.8 Å². The molecular formula is C22H27NO7S4. The highest BCUT2D eigenvalue weighted by atomic mass is 32.2. The molecule has 2 aromatic carbocycles. The minimum Gasteiger partial charge on any atom is -0.406 e. The van der Waals surface area contributed by atoms with Gasteiger partial charge in [-0.05, 0) is 65.7 Å². The largest absolute Gasteiger partial charge is 0.425 e. The average Bonchev–Trinajstić information content (AvgIpc) is 2.83. The van der Waals surface area contributed by atoms with E-state index < -0.39 is 27.3 Å². The Balaban J connectivity index is 2.08. The van der Waals surface area contributed by atoms with Crippen molar-refractivity contribution in [1.29, 1.82) is 0 Å². The fourth-order valence-corrected chi connectivity index (χ4v) is 4.18. The summed E-state index contributed by atoms with van der Waals surface area (Å²) >= 11 is 1.38. The summed E-state index contributed by atoms with van der Waals surface area (Å²) in [5.74, 6) is 1.43. The first-order valence-corrected chi connectivity index (χ1v) is 15.2. The Labute approximate surface area is 212 Å². The van der Waals surface area contributed by atoms with E-state index >= 15 is 0 Å². The van der Waals surface area contributed by atoms with Gasteiger partial charge in [0, 0.05) is 19.1 Å². The van der Waals surface area contributed by atoms with Crippen molar-refractivity contribution < 1.29 is 30.5 Å². The van der Waals surface area contributed by atoms with E-state index in [1.54, 1.807) is 56.3 Å². The molecule has 1 unspecified atom stereocenters. The highest BCUT2D eigenvalue weighted by molar-refractivity contribution is 8.01. The van der Waals surface area contributed by atoms with E-state index in [0.717, 1.165) is 17.5 Å². The maximum absolute atomic E-state index is 12.2. The van der Waals surface area contributed by atoms with Crippen molar-refractivity contribution in [3.05, 3.63) is 59.0 Å². The predicted octanol–water partition coefficient (Wildman–Crippen LogP) is 5.09. The van der Waals surface area contributed by atoms with Gasteiger partial charge in [0.2, 0.25) is 11.1 Å². The van der Waals surface area contributed by atoms with Crippen LogP contribution in [0.25, 0.3) is 6.08 Å². The van der Waals surface area contributed by atoms with E-state index in [2.05, 4.69) is 0 Å². The predicted molar refractivity (Wildman–Crippen MR) is 140 cm³/mol. The van der Waals surface area contributed by atoms with Crippen LogP contribution in [0.5, 0.6) is 17.2 Å². The van der Waals surface area contributed by atoms with E-state index in [-0.39, 0.29) is 17.3 Å². The van der Waals surface area contributed by atoms with Gasteiger partial charge in [-0.2, -0.15) is 8.42 Å². The number of ether oxygens (including phenoxy) is 1. The van der Waals surface area contributed by atoms with Gasteiger partial charge in [-0.25, -0.2) is 9.00 Å². The molecule has 0 saturated carbocycles. The van der Waals surface area contributed by atoms with Crippen LogP contribution in [0, 0.1) is 0 Å². The molecule has 1 amide bonds. The number of nitrogens with zero attached hydrogens (tertiary/aromatic N) is 1. The molecule has 0 heterocycles. The van der Waals surface area contributed by atoms with Gasteiger partial charge in [-0.1, -0.05) is 25.1 Å². The number of rotatable bonds is 12. The molecule has 0 aliphatic heterocycles. The summed E-state index contributed by atoms with van der Waals surface area (Å²) in [5.41, 5.74) is 1.77. The van der Waals surface area contributed by atoms with Crippen LogP contribution >= 0.6 is 23.7 Å². The van der Waals surface area contributed by atoms with Gasteiger partial charge in [-0.3, -0.25) is 4.31 Å². The lowest BCUT2D eigenvalue weighted by molar-refractivity contribution is 0.186. The molecule has 0 radical (unpaired) electrons. The van der Waals surface area contributed by atoms with E-state index in [1.807, 2.05) is 23.6 Å². The Hall–Kier alpha value is -2.15. The first-order valence-electron chi connectivity index (χ1n) is 10.2. The van der Waals surface area contributed by atoms with Crippen molar-refractivity contribution in [2.75, 3.05) is 24.8 Å². The van der Waals surface area contributed by atoms with E-state index in [9.17, 15) is 17.4 Å². The van der Waals surface area contributed by atoms with Gasteiger partial charge in [0.25, 0.3) is 0 Å². The summed E-state index contributed by atoms with van der Waals surface area (Å²) in [4.78, 5) is 12.2. The lowest BCUT2D eigenvalue weighted by atomic mass is 10.2. The van der Waals surface area contributed by atoms with Crippen LogP contribution in [0.15, 0.2) is 47.9 Å². The van der Waals surface area contributed by atoms with Gasteiger partial charge in [0.05, 0.1) is 11.5 Å². The molecule has 12 heteroatoms. The van der Waals surface area contributed by atoms with Crippen LogP contribution in [0.4, 0.5) is 4.79 Å². The Kier molecular flexibility index (Phi) is 11.3. The van der Waals surface area contributed by atoms with Crippen LogP contribution < -0.4 is 13.1 Å². The van der Waals surface area contributed by atoms with Crippen LogP contribution in [0.3, 0.4) is 0 Å². The normalized spacial score (nSPS) is 12.4. The molecule has 2 rings (SSSR count). The second kappa shape index (κ2) is 13.7. The zero-order valence-corrected chi connectivity index (χ0v) is 22.5. The topological polar surface area (TPSA) is 99.2 Å². The van der Waals surface area contributed by atoms with Crippen LogP contribution in [-0.2, 0) is 27.0 Å². The number of thioether (sulfide) groups is 1. The summed E-state index contributed by atoms with van der Waals surface area (Å²) in [5, 5.41) is 1.88. The molecule has 0 saturated heterocycles. The Morgan fingerprint density at radius 1 is 1.12 bits per heavy atom. The molecule has 0 bridgehead atoms. The van der Waals surface area contributed by atoms with Gasteiger partial charge in [0.1, 0.15) is 5.75 Å². The molecule has 8 nitrogen and oxygen atoms in total. The minimum atomic E-state index is -3.79. The summed E-state index contributed by atoms with van der Waals surface area (Å²) in [6.45, 7) is 3.25. The molecule has 186 valence electrons. The van der Waals surface area contributed by atoms with Crippen molar-refractivity contribution in [2.24, 2.45) is 0 Å². The molecule has 0 aromatic heterocycles. The second-order valence-electron chi connectivity index (χ2n) is 6.62. The zero-order chi connectivity index (χ0) is 25.1. The molecule has 0 aliphatic carbocycles. The molecule has 2 aromatic rings. The van der Waals surface area contributed by atoms with E-state index in [0.29, 0.717) is 22.8 Å². The van der Waals surface area contributed by atoms with Crippen LogP contribution in [0.1, 0.15) is 25.0 Å². The molecule has 34 heavy (non-hydrogen) atoms. The quantitative estimate of drug-likeness (QED) is 0.267. The van der Waals surface area contributed by atoms with Gasteiger partial charge < -0.3 is 13.1 Å². The van der Waals surface area contributed by atoms with Crippen molar-refractivity contribution in [3.63, 3.8) is 0 Å². The molecule has 0 aliphatic rings. The molecule has 0 spiro atoms. The molecule has 0 N–H and O–H groups in total. The third-order valence-corrected chi connectivity index (χ3v) is 7.74. The monoisotopic (exact) mass is 545 g/mol. The molecule has 1 atom stereocenters. The first kappa shape index (κ1) is 28.1. The van der Waals surface area contributed by atoms with E-state index in [4.69, 9.17) is 13.1 Å². The second-order valence-corrected chi connectivity index (χ2v) is 11.6. The number of carbonyl (C=O) groups excluding carboxylic acids is 1. The lowest BCUT2D eigenvalue weighted by Crippen LogP contribution is -2.23. The summed E-state index contributed by atoms with van der Waals surface area (Å²) in [7, 11) is -2.25. The van der Waals surface area contributed by atoms with Gasteiger partial charge in [0.15, 0.2) is 11.5 Å². The maximum Gasteiger partial charge on any atom is 0.425 e. The number of amides is 1. The van der Waals surface area contributed by atoms with E-state index in [1.165, 1.54) is 17.3 Å². The number of carbonyl (C=O) groups is 1. The standard InChI is InChI=1S/C22H27NO7S4/c1-5-33(25)29-19-10-7-18(8-11-19)16-32-14-13-17-9-12-20(30-34(26,27)6-2)21(15-17)28-22(24)23(3)31-4/h7-15H,5-6,16H2,1-4H3/b14-13+. The van der Waals surface area contributed by atoms with Gasteiger partial charge >= 0.3 is 16.2 Å². The highest BCUT2D eigenvalue weighted by Crippen LogP contribution is 2.31. The lowest BCUT2D eigenvalue weighted by Gasteiger charge is -2.15. The van der Waals surface area contributed by atoms with Crippen molar-refractivity contribution in [2.45, 2.75) is 19.6 Å². The highest BCUT2D eigenvalue weighted by Gasteiger charge is 2.18. The fourth-order valence-electron chi connectivity index (χ4n) is 2.28. The molecule has 0 fully saturated rings. The van der Waals surface area contributed by atoms with Gasteiger partial charge in [-0.15, -0.1) is 11.8 Å². The summed E-state index contributed by atoms with van der Waals surface area (Å²) in [6, 6.07) is 12.0. The van der Waals surface area contributed by atoms with Crippen molar-refractivity contribution in [1.82, 2.24) is 4.31 Å². The molecular weight excluding hydrogens is 519 g/mol. The van der Waals surface area contributed by atoms with Crippen molar-refractivity contribution >= 4 is 57.1 Å². The van der Waals surface area contributed by atoms with Crippen molar-refractivity contribution in [3.8, 4) is 17.2 Å². The number of hydrogen-bond acceptors (Lipinski definition) is 9. The SMILES string of the molecule is CCS(=O)Oc1ccc(CS/C=C/c2ccc(OS(=O)(=O)CC)c(OC(=O)N(C)SC)c2)cc1. The summed E-state index contributed by atoms with van der Waals surface area (Å²) < 4.78 is 52.2. The average molecular weight is 546 g/mol. The Bertz CT molecular complexity index is 1120. The maximum atomic E-state index is 12.2. The Morgan fingerprint density at radius 2 is 1.82 bits per heavy atom. The Morgan fingerprint density at radius 3 is 2.44 bits per heavy atom. The zero-order valence-electron chi connectivity index (χ0n) is 19.3. The first-order chi connectivity index (χ1) is 16.2. The minimum absolute atomic E-state index is 0.00938. The third-order valence-electron chi connectivity index (χ3n) is 4.22. The third kappa shape index (κ3) is 9.24.